The molecular formula is C7H17O2P. The highest BCUT2D eigenvalue weighted by Crippen LogP contribution is 1.93. The molecule has 0 aliphatic carbocycles. The van der Waals surface area contributed by atoms with Crippen LogP contribution in [0, 0.1) is 0 Å². The molecular weight excluding hydrogens is 147 g/mol. The van der Waals surface area contributed by atoms with Crippen LogP contribution in [0.3, 0.4) is 0 Å². The second-order valence-corrected chi connectivity index (χ2v) is 2.05. The number of carbonyl (C=O) groups is 1. The van der Waals surface area contributed by atoms with E-state index in [1.165, 1.54) is 13.3 Å². The molecule has 10 heavy (non-hydrogen) atoms. The van der Waals surface area contributed by atoms with E-state index in [-0.39, 0.29) is 15.9 Å². The minimum atomic E-state index is -0.175. The number of hydrogen-bond donors (Lipinski definition) is 0. The van der Waals surface area contributed by atoms with E-state index in [2.05, 4.69) is 6.92 Å². The Morgan fingerprint density at radius 2 is 2.00 bits per heavy atom. The van der Waals surface area contributed by atoms with Crippen molar-refractivity contribution in [2.24, 2.45) is 0 Å². The predicted molar refractivity (Wildman–Crippen MR) is 47.3 cm³/mol. The lowest BCUT2D eigenvalue weighted by molar-refractivity contribution is -0.141. The number of rotatable bonds is 4. The fraction of sp³-hybridized carbons (Fsp3) is 0.857. The maximum atomic E-state index is 10.2. The fourth-order valence-electron chi connectivity index (χ4n) is 0.568. The molecule has 0 radical (unpaired) electrons. The van der Waals surface area contributed by atoms with E-state index >= 15 is 0 Å². The van der Waals surface area contributed by atoms with Crippen LogP contribution >= 0.6 is 9.90 Å². The Hall–Kier alpha value is -0.100. The standard InChI is InChI=1S/C7H14O2.H3P/c1-3-4-5-6-9-7(2)8;/h3-6H2,1-2H3;1H3. The monoisotopic (exact) mass is 164 g/mol. The van der Waals surface area contributed by atoms with Crippen molar-refractivity contribution in [2.75, 3.05) is 6.61 Å². The lowest BCUT2D eigenvalue weighted by Crippen LogP contribution is -1.99. The molecule has 1 unspecified atom stereocenters. The molecule has 0 heterocycles. The summed E-state index contributed by atoms with van der Waals surface area (Å²) in [6, 6.07) is 0. The zero-order valence-electron chi connectivity index (χ0n) is 6.85. The molecule has 0 amide bonds. The van der Waals surface area contributed by atoms with Gasteiger partial charge in [-0.3, -0.25) is 4.79 Å². The van der Waals surface area contributed by atoms with Crippen molar-refractivity contribution in [3.63, 3.8) is 0 Å². The lowest BCUT2D eigenvalue weighted by Gasteiger charge is -1.98. The molecule has 0 spiro atoms. The summed E-state index contributed by atoms with van der Waals surface area (Å²) in [5.41, 5.74) is 0. The van der Waals surface area contributed by atoms with Crippen LogP contribution < -0.4 is 0 Å². The van der Waals surface area contributed by atoms with Gasteiger partial charge < -0.3 is 4.74 Å². The molecule has 3 heteroatoms. The van der Waals surface area contributed by atoms with Gasteiger partial charge in [-0.2, -0.15) is 9.90 Å². The van der Waals surface area contributed by atoms with Crippen molar-refractivity contribution >= 4 is 15.9 Å². The summed E-state index contributed by atoms with van der Waals surface area (Å²) in [5.74, 6) is -0.175. The molecule has 0 fully saturated rings. The van der Waals surface area contributed by atoms with E-state index in [1.54, 1.807) is 0 Å². The molecule has 0 aromatic heterocycles. The number of carbonyl (C=O) groups excluding carboxylic acids is 1. The Bertz CT molecular complexity index is 83.7. The molecule has 2 nitrogen and oxygen atoms in total. The van der Waals surface area contributed by atoms with Gasteiger partial charge in [-0.05, 0) is 6.42 Å². The predicted octanol–water partition coefficient (Wildman–Crippen LogP) is 1.80. The minimum Gasteiger partial charge on any atom is -0.466 e. The van der Waals surface area contributed by atoms with Gasteiger partial charge in [0, 0.05) is 6.92 Å². The highest BCUT2D eigenvalue weighted by atomic mass is 31.0. The maximum Gasteiger partial charge on any atom is 0.302 e. The maximum absolute atomic E-state index is 10.2. The van der Waals surface area contributed by atoms with E-state index in [1.807, 2.05) is 0 Å². The van der Waals surface area contributed by atoms with Gasteiger partial charge in [0.05, 0.1) is 6.61 Å². The SMILES string of the molecule is CCCCCOC(C)=O.P. The van der Waals surface area contributed by atoms with Crippen LogP contribution in [0.1, 0.15) is 33.1 Å². The summed E-state index contributed by atoms with van der Waals surface area (Å²) in [4.78, 5) is 10.2. The van der Waals surface area contributed by atoms with Crippen molar-refractivity contribution in [1.82, 2.24) is 0 Å². The van der Waals surface area contributed by atoms with E-state index in [0.717, 1.165) is 12.8 Å². The van der Waals surface area contributed by atoms with Crippen molar-refractivity contribution in [1.29, 1.82) is 0 Å². The molecule has 0 saturated carbocycles. The molecule has 0 aromatic rings. The van der Waals surface area contributed by atoms with Crippen LogP contribution in [0.15, 0.2) is 0 Å². The molecule has 0 rings (SSSR count). The van der Waals surface area contributed by atoms with E-state index < -0.39 is 0 Å². The highest BCUT2D eigenvalue weighted by Gasteiger charge is 1.89. The fourth-order valence-corrected chi connectivity index (χ4v) is 0.568. The second kappa shape index (κ2) is 8.90. The quantitative estimate of drug-likeness (QED) is 0.360. The average Bonchev–Trinajstić information content (AvgIpc) is 1.80. The van der Waals surface area contributed by atoms with Gasteiger partial charge >= 0.3 is 5.97 Å². The van der Waals surface area contributed by atoms with Gasteiger partial charge in [-0.25, -0.2) is 0 Å². The van der Waals surface area contributed by atoms with Crippen LogP contribution in [-0.2, 0) is 9.53 Å². The van der Waals surface area contributed by atoms with Crippen molar-refractivity contribution < 1.29 is 9.53 Å². The molecule has 0 saturated heterocycles. The van der Waals surface area contributed by atoms with Gasteiger partial charge in [0.25, 0.3) is 0 Å². The Labute approximate surface area is 66.0 Å². The Kier molecular flexibility index (Phi) is 11.2. The Morgan fingerprint density at radius 1 is 1.40 bits per heavy atom. The number of ether oxygens (including phenoxy) is 1. The molecule has 0 aliphatic heterocycles. The summed E-state index contributed by atoms with van der Waals surface area (Å²) in [7, 11) is 0. The lowest BCUT2D eigenvalue weighted by atomic mass is 10.3. The van der Waals surface area contributed by atoms with Gasteiger partial charge in [0.1, 0.15) is 0 Å². The topological polar surface area (TPSA) is 26.3 Å². The molecule has 0 bridgehead atoms. The molecule has 62 valence electrons. The number of esters is 1. The average molecular weight is 164 g/mol. The van der Waals surface area contributed by atoms with Crippen LogP contribution in [0.25, 0.3) is 0 Å². The van der Waals surface area contributed by atoms with Gasteiger partial charge in [0.15, 0.2) is 0 Å². The summed E-state index contributed by atoms with van der Waals surface area (Å²) < 4.78 is 4.70. The first-order chi connectivity index (χ1) is 4.27. The Balaban J connectivity index is 0. The zero-order chi connectivity index (χ0) is 7.11. The van der Waals surface area contributed by atoms with E-state index in [9.17, 15) is 4.79 Å². The van der Waals surface area contributed by atoms with E-state index in [4.69, 9.17) is 4.74 Å². The minimum absolute atomic E-state index is 0. The van der Waals surface area contributed by atoms with Gasteiger partial charge in [0.2, 0.25) is 0 Å². The molecule has 1 atom stereocenters. The van der Waals surface area contributed by atoms with Gasteiger partial charge in [-0.1, -0.05) is 19.8 Å². The summed E-state index contributed by atoms with van der Waals surface area (Å²) in [6.45, 7) is 4.14. The third-order valence-electron chi connectivity index (χ3n) is 1.05. The normalized spacial score (nSPS) is 8.20. The van der Waals surface area contributed by atoms with Crippen LogP contribution in [0.2, 0.25) is 0 Å². The van der Waals surface area contributed by atoms with Crippen LogP contribution in [0.5, 0.6) is 0 Å². The highest BCUT2D eigenvalue weighted by molar-refractivity contribution is 6.92. The van der Waals surface area contributed by atoms with Crippen LogP contribution in [0.4, 0.5) is 0 Å². The number of unbranched alkanes of at least 4 members (excludes halogenated alkanes) is 2. The first kappa shape index (κ1) is 12.6. The summed E-state index contributed by atoms with van der Waals surface area (Å²) >= 11 is 0. The van der Waals surface area contributed by atoms with Crippen molar-refractivity contribution in [2.45, 2.75) is 33.1 Å². The summed E-state index contributed by atoms with van der Waals surface area (Å²) in [5, 5.41) is 0. The van der Waals surface area contributed by atoms with Crippen molar-refractivity contribution in [3.05, 3.63) is 0 Å². The smallest absolute Gasteiger partial charge is 0.302 e. The third-order valence-corrected chi connectivity index (χ3v) is 1.05. The molecule has 0 aliphatic rings. The largest absolute Gasteiger partial charge is 0.466 e. The summed E-state index contributed by atoms with van der Waals surface area (Å²) in [6.07, 6.45) is 3.31. The van der Waals surface area contributed by atoms with Crippen molar-refractivity contribution in [3.8, 4) is 0 Å². The Morgan fingerprint density at radius 3 is 2.40 bits per heavy atom. The van der Waals surface area contributed by atoms with Gasteiger partial charge in [-0.15, -0.1) is 0 Å². The van der Waals surface area contributed by atoms with E-state index in [0.29, 0.717) is 6.61 Å². The first-order valence-corrected chi connectivity index (χ1v) is 3.40. The zero-order valence-corrected chi connectivity index (χ0v) is 8.27. The molecule has 0 aromatic carbocycles. The first-order valence-electron chi connectivity index (χ1n) is 3.40. The second-order valence-electron chi connectivity index (χ2n) is 2.05. The third kappa shape index (κ3) is 10.8. The number of hydrogen-bond acceptors (Lipinski definition) is 2. The van der Waals surface area contributed by atoms with Crippen LogP contribution in [-0.4, -0.2) is 12.6 Å². The molecule has 0 N–H and O–H groups in total.